The Morgan fingerprint density at radius 3 is 3.38 bits per heavy atom. The Bertz CT molecular complexity index is 477. The number of hydrogen-bond donors (Lipinski definition) is 1. The minimum absolute atomic E-state index is 0.305. The van der Waals surface area contributed by atoms with E-state index in [2.05, 4.69) is 20.4 Å². The van der Waals surface area contributed by atoms with Crippen LogP contribution in [-0.2, 0) is 4.74 Å². The number of fused-ring (bicyclic) bond motifs is 1. The van der Waals surface area contributed by atoms with Gasteiger partial charge in [0.25, 0.3) is 0 Å². The first-order valence-corrected chi connectivity index (χ1v) is 5.42. The molecule has 16 heavy (non-hydrogen) atoms. The van der Waals surface area contributed by atoms with Gasteiger partial charge in [0.05, 0.1) is 18.8 Å². The summed E-state index contributed by atoms with van der Waals surface area (Å²) in [5.74, 6) is 0. The van der Waals surface area contributed by atoms with Crippen LogP contribution in [-0.4, -0.2) is 38.9 Å². The summed E-state index contributed by atoms with van der Waals surface area (Å²) in [6.07, 6.45) is 7.52. The zero-order valence-electron chi connectivity index (χ0n) is 8.83. The number of imidazole rings is 1. The predicted octanol–water partition coefficient (Wildman–Crippen LogP) is 0.549. The summed E-state index contributed by atoms with van der Waals surface area (Å²) in [4.78, 5) is 12.3. The lowest BCUT2D eigenvalue weighted by molar-refractivity contribution is 0.118. The molecule has 2 aromatic rings. The summed E-state index contributed by atoms with van der Waals surface area (Å²) in [6.45, 7) is 1.66. The van der Waals surface area contributed by atoms with Crippen LogP contribution in [0.15, 0.2) is 18.9 Å². The first kappa shape index (κ1) is 9.53. The van der Waals surface area contributed by atoms with Crippen molar-refractivity contribution in [2.24, 2.45) is 0 Å². The molecule has 1 aliphatic heterocycles. The Hall–Kier alpha value is -1.69. The molecular formula is C10H13N5O. The molecule has 0 aromatic carbocycles. The number of nitrogens with one attached hydrogen (secondary N) is 1. The Labute approximate surface area is 92.6 Å². The summed E-state index contributed by atoms with van der Waals surface area (Å²) in [7, 11) is 0. The van der Waals surface area contributed by atoms with E-state index >= 15 is 0 Å². The van der Waals surface area contributed by atoms with Crippen LogP contribution in [0.4, 0.5) is 0 Å². The standard InChI is InChI=1S/C10H13N5O/c1-2-8(16-3-1)4-14-15-7-13-9-5-11-6-12-10(9)15/h5-8,14H,1-4H2. The molecule has 84 valence electrons. The van der Waals surface area contributed by atoms with Crippen molar-refractivity contribution in [2.75, 3.05) is 18.6 Å². The zero-order valence-corrected chi connectivity index (χ0v) is 8.83. The minimum atomic E-state index is 0.305. The Morgan fingerprint density at radius 1 is 1.50 bits per heavy atom. The SMILES string of the molecule is c1ncc2ncn(NCC3CCCO3)c2n1. The van der Waals surface area contributed by atoms with E-state index in [1.165, 1.54) is 6.33 Å². The summed E-state index contributed by atoms with van der Waals surface area (Å²) in [5, 5.41) is 0. The highest BCUT2D eigenvalue weighted by atomic mass is 16.5. The van der Waals surface area contributed by atoms with Gasteiger partial charge in [0.15, 0.2) is 5.65 Å². The second-order valence-corrected chi connectivity index (χ2v) is 3.84. The van der Waals surface area contributed by atoms with Gasteiger partial charge < -0.3 is 10.2 Å². The maximum atomic E-state index is 5.53. The topological polar surface area (TPSA) is 64.9 Å². The van der Waals surface area contributed by atoms with Crippen molar-refractivity contribution in [3.63, 3.8) is 0 Å². The van der Waals surface area contributed by atoms with Gasteiger partial charge in [-0.15, -0.1) is 0 Å². The maximum Gasteiger partial charge on any atom is 0.181 e. The molecule has 0 spiro atoms. The van der Waals surface area contributed by atoms with Crippen molar-refractivity contribution >= 4 is 11.2 Å². The van der Waals surface area contributed by atoms with Crippen LogP contribution < -0.4 is 5.43 Å². The van der Waals surface area contributed by atoms with Gasteiger partial charge in [-0.1, -0.05) is 0 Å². The summed E-state index contributed by atoms with van der Waals surface area (Å²) in [5.41, 5.74) is 4.84. The fourth-order valence-electron chi connectivity index (χ4n) is 1.89. The average molecular weight is 219 g/mol. The molecule has 0 amide bonds. The zero-order chi connectivity index (χ0) is 10.8. The number of rotatable bonds is 3. The number of nitrogens with zero attached hydrogens (tertiary/aromatic N) is 4. The molecule has 3 heterocycles. The molecule has 1 fully saturated rings. The molecular weight excluding hydrogens is 206 g/mol. The number of ether oxygens (including phenoxy) is 1. The van der Waals surface area contributed by atoms with E-state index in [1.807, 2.05) is 4.68 Å². The Morgan fingerprint density at radius 2 is 2.50 bits per heavy atom. The Kier molecular flexibility index (Phi) is 2.41. The van der Waals surface area contributed by atoms with Crippen LogP contribution >= 0.6 is 0 Å². The normalized spacial score (nSPS) is 20.4. The van der Waals surface area contributed by atoms with Gasteiger partial charge in [-0.05, 0) is 12.8 Å². The molecule has 1 atom stereocenters. The second-order valence-electron chi connectivity index (χ2n) is 3.84. The fraction of sp³-hybridized carbons (Fsp3) is 0.500. The molecule has 1 aliphatic rings. The average Bonchev–Trinajstić information content (AvgIpc) is 2.96. The van der Waals surface area contributed by atoms with E-state index in [-0.39, 0.29) is 0 Å². The van der Waals surface area contributed by atoms with Gasteiger partial charge in [0.2, 0.25) is 0 Å². The molecule has 0 bridgehead atoms. The lowest BCUT2D eigenvalue weighted by Gasteiger charge is -2.12. The fourth-order valence-corrected chi connectivity index (χ4v) is 1.89. The van der Waals surface area contributed by atoms with Crippen LogP contribution in [0.2, 0.25) is 0 Å². The lowest BCUT2D eigenvalue weighted by atomic mass is 10.2. The largest absolute Gasteiger partial charge is 0.376 e. The molecule has 1 saturated heterocycles. The van der Waals surface area contributed by atoms with Crippen molar-refractivity contribution in [1.82, 2.24) is 19.6 Å². The third-order valence-corrected chi connectivity index (χ3v) is 2.73. The van der Waals surface area contributed by atoms with E-state index in [9.17, 15) is 0 Å². The molecule has 6 heteroatoms. The van der Waals surface area contributed by atoms with Gasteiger partial charge in [0.1, 0.15) is 18.2 Å². The van der Waals surface area contributed by atoms with Crippen molar-refractivity contribution in [2.45, 2.75) is 18.9 Å². The number of hydrogen-bond acceptors (Lipinski definition) is 5. The lowest BCUT2D eigenvalue weighted by Crippen LogP contribution is -2.25. The van der Waals surface area contributed by atoms with Crippen molar-refractivity contribution < 1.29 is 4.74 Å². The summed E-state index contributed by atoms with van der Waals surface area (Å²) < 4.78 is 7.35. The van der Waals surface area contributed by atoms with Crippen LogP contribution in [0.25, 0.3) is 11.2 Å². The van der Waals surface area contributed by atoms with Crippen LogP contribution in [0, 0.1) is 0 Å². The molecule has 3 rings (SSSR count). The molecule has 0 aliphatic carbocycles. The van der Waals surface area contributed by atoms with Gasteiger partial charge in [0, 0.05) is 6.61 Å². The van der Waals surface area contributed by atoms with E-state index < -0.39 is 0 Å². The summed E-state index contributed by atoms with van der Waals surface area (Å²) >= 11 is 0. The van der Waals surface area contributed by atoms with Crippen LogP contribution in [0.3, 0.4) is 0 Å². The highest BCUT2D eigenvalue weighted by Gasteiger charge is 2.15. The van der Waals surface area contributed by atoms with E-state index in [1.54, 1.807) is 12.5 Å². The second kappa shape index (κ2) is 4.05. The monoisotopic (exact) mass is 219 g/mol. The highest BCUT2D eigenvalue weighted by Crippen LogP contribution is 2.11. The molecule has 0 radical (unpaired) electrons. The third kappa shape index (κ3) is 1.71. The maximum absolute atomic E-state index is 5.53. The molecule has 1 N–H and O–H groups in total. The van der Waals surface area contributed by atoms with E-state index in [0.29, 0.717) is 6.10 Å². The molecule has 1 unspecified atom stereocenters. The van der Waals surface area contributed by atoms with Crippen molar-refractivity contribution in [1.29, 1.82) is 0 Å². The minimum Gasteiger partial charge on any atom is -0.376 e. The third-order valence-electron chi connectivity index (χ3n) is 2.73. The molecule has 6 nitrogen and oxygen atoms in total. The quantitative estimate of drug-likeness (QED) is 0.816. The van der Waals surface area contributed by atoms with E-state index in [0.717, 1.165) is 37.2 Å². The van der Waals surface area contributed by atoms with Gasteiger partial charge in [-0.25, -0.2) is 19.6 Å². The summed E-state index contributed by atoms with van der Waals surface area (Å²) in [6, 6.07) is 0. The highest BCUT2D eigenvalue weighted by molar-refractivity contribution is 5.69. The van der Waals surface area contributed by atoms with E-state index in [4.69, 9.17) is 4.74 Å². The van der Waals surface area contributed by atoms with Crippen LogP contribution in [0.1, 0.15) is 12.8 Å². The predicted molar refractivity (Wildman–Crippen MR) is 58.5 cm³/mol. The van der Waals surface area contributed by atoms with Crippen LogP contribution in [0.5, 0.6) is 0 Å². The first-order valence-electron chi connectivity index (χ1n) is 5.42. The smallest absolute Gasteiger partial charge is 0.181 e. The van der Waals surface area contributed by atoms with Gasteiger partial charge in [-0.2, -0.15) is 0 Å². The Balaban J connectivity index is 1.73. The van der Waals surface area contributed by atoms with Gasteiger partial charge >= 0.3 is 0 Å². The molecule has 2 aromatic heterocycles. The number of aromatic nitrogens is 4. The van der Waals surface area contributed by atoms with Crippen molar-refractivity contribution in [3.05, 3.63) is 18.9 Å². The van der Waals surface area contributed by atoms with Crippen molar-refractivity contribution in [3.8, 4) is 0 Å². The molecule has 0 saturated carbocycles. The van der Waals surface area contributed by atoms with Gasteiger partial charge in [-0.3, -0.25) is 0 Å². The first-order chi connectivity index (χ1) is 7.93.